The second kappa shape index (κ2) is 9.43. The van der Waals surface area contributed by atoms with Crippen molar-refractivity contribution in [3.05, 3.63) is 18.0 Å². The number of ether oxygens (including phenoxy) is 1. The lowest BCUT2D eigenvalue weighted by molar-refractivity contribution is -0.174. The number of piperazine rings is 1. The number of nitrogen functional groups attached to an aromatic ring is 1. The molecule has 3 N–H and O–H groups in total. The molecule has 0 saturated carbocycles. The highest BCUT2D eigenvalue weighted by atomic mass is 19.4. The Bertz CT molecular complexity index is 1120. The maximum atomic E-state index is 12.5. The summed E-state index contributed by atoms with van der Waals surface area (Å²) in [7, 11) is 0. The predicted octanol–water partition coefficient (Wildman–Crippen LogP) is 1.80. The molecular weight excluding hydrogens is 439 g/mol. The predicted molar refractivity (Wildman–Crippen MR) is 117 cm³/mol. The van der Waals surface area contributed by atoms with E-state index in [0.717, 1.165) is 19.6 Å². The average Bonchev–Trinajstić information content (AvgIpc) is 3.13. The largest absolute Gasteiger partial charge is 0.411 e. The molecule has 0 spiro atoms. The molecule has 3 aromatic heterocycles. The topological polar surface area (TPSA) is 120 Å². The summed E-state index contributed by atoms with van der Waals surface area (Å²) in [5.41, 5.74) is 8.18. The van der Waals surface area contributed by atoms with E-state index in [-0.39, 0.29) is 25.0 Å². The van der Waals surface area contributed by atoms with Gasteiger partial charge in [-0.1, -0.05) is 6.92 Å². The Morgan fingerprint density at radius 1 is 1.27 bits per heavy atom. The van der Waals surface area contributed by atoms with Crippen LogP contribution in [0.15, 0.2) is 12.3 Å². The van der Waals surface area contributed by atoms with Crippen molar-refractivity contribution in [3.63, 3.8) is 0 Å². The summed E-state index contributed by atoms with van der Waals surface area (Å²) < 4.78 is 43.7. The van der Waals surface area contributed by atoms with E-state index in [9.17, 15) is 13.2 Å². The number of halogens is 3. The first-order valence-corrected chi connectivity index (χ1v) is 10.7. The number of anilines is 2. The molecule has 1 unspecified atom stereocenters. The highest BCUT2D eigenvalue weighted by Gasteiger charge is 2.28. The van der Waals surface area contributed by atoms with Crippen LogP contribution < -0.4 is 16.0 Å². The van der Waals surface area contributed by atoms with Crippen LogP contribution in [0.2, 0.25) is 0 Å². The van der Waals surface area contributed by atoms with Crippen LogP contribution in [0.4, 0.5) is 24.9 Å². The number of fused-ring (bicyclic) bond motifs is 1. The molecule has 0 aliphatic carbocycles. The first-order valence-electron chi connectivity index (χ1n) is 10.7. The maximum absolute atomic E-state index is 12.5. The van der Waals surface area contributed by atoms with E-state index in [2.05, 4.69) is 32.2 Å². The Balaban J connectivity index is 1.79. The molecule has 1 atom stereocenters. The van der Waals surface area contributed by atoms with Gasteiger partial charge in [0.2, 0.25) is 5.95 Å². The molecule has 0 amide bonds. The Morgan fingerprint density at radius 2 is 2.09 bits per heavy atom. The van der Waals surface area contributed by atoms with Crippen molar-refractivity contribution in [2.75, 3.05) is 43.5 Å². The van der Waals surface area contributed by atoms with Crippen molar-refractivity contribution >= 4 is 22.8 Å². The smallest absolute Gasteiger partial charge is 0.384 e. The van der Waals surface area contributed by atoms with Crippen molar-refractivity contribution in [2.45, 2.75) is 39.0 Å². The van der Waals surface area contributed by atoms with Gasteiger partial charge in [0.25, 0.3) is 0 Å². The van der Waals surface area contributed by atoms with Gasteiger partial charge in [-0.3, -0.25) is 4.68 Å². The minimum absolute atomic E-state index is 0.0925. The number of nitrogens with zero attached hydrogens (tertiary/aromatic N) is 7. The summed E-state index contributed by atoms with van der Waals surface area (Å²) in [6.45, 7) is 4.88. The first kappa shape index (κ1) is 23.1. The molecule has 10 nitrogen and oxygen atoms in total. The van der Waals surface area contributed by atoms with Gasteiger partial charge in [-0.15, -0.1) is 0 Å². The summed E-state index contributed by atoms with van der Waals surface area (Å²) in [5, 5.41) is 7.98. The van der Waals surface area contributed by atoms with Crippen LogP contribution in [0.3, 0.4) is 0 Å². The highest BCUT2D eigenvalue weighted by molar-refractivity contribution is 5.90. The monoisotopic (exact) mass is 465 g/mol. The van der Waals surface area contributed by atoms with E-state index in [1.165, 1.54) is 6.20 Å². The quantitative estimate of drug-likeness (QED) is 0.503. The van der Waals surface area contributed by atoms with Crippen LogP contribution in [0.5, 0.6) is 0 Å². The molecule has 0 bridgehead atoms. The number of aryl methyl sites for hydroxylation is 1. The van der Waals surface area contributed by atoms with Crippen LogP contribution in [0, 0.1) is 0 Å². The van der Waals surface area contributed by atoms with Gasteiger partial charge in [-0.05, 0) is 19.4 Å². The van der Waals surface area contributed by atoms with Gasteiger partial charge in [-0.25, -0.2) is 19.9 Å². The van der Waals surface area contributed by atoms with Gasteiger partial charge < -0.3 is 20.7 Å². The zero-order valence-corrected chi connectivity index (χ0v) is 18.4. The first-order chi connectivity index (χ1) is 15.7. The minimum atomic E-state index is -4.39. The number of rotatable bonds is 7. The number of alkyl halides is 3. The van der Waals surface area contributed by atoms with Crippen molar-refractivity contribution < 1.29 is 17.9 Å². The number of aromatic nitrogens is 6. The van der Waals surface area contributed by atoms with Crippen molar-refractivity contribution in [1.82, 2.24) is 35.0 Å². The lowest BCUT2D eigenvalue weighted by atomic mass is 10.2. The fraction of sp³-hybridized carbons (Fsp3) is 0.550. The third-order valence-electron chi connectivity index (χ3n) is 5.23. The van der Waals surface area contributed by atoms with Crippen LogP contribution in [-0.4, -0.2) is 74.8 Å². The van der Waals surface area contributed by atoms with Crippen LogP contribution in [0.25, 0.3) is 22.6 Å². The molecule has 4 rings (SSSR count). The Morgan fingerprint density at radius 3 is 2.79 bits per heavy atom. The molecule has 3 aromatic rings. The standard InChI is InChI=1S/C20H26F3N9O/c1-3-13-15-17(32(30-13)8-9-33-11-20(21,22)23)16(18-26-5-4-14(24)27-18)29-19(28-15)31-7-6-25-12(2)10-31/h4-5,12,25H,3,6-11H2,1-2H3,(H2,24,26,27). The highest BCUT2D eigenvalue weighted by Crippen LogP contribution is 2.29. The zero-order chi connectivity index (χ0) is 23.6. The lowest BCUT2D eigenvalue weighted by Crippen LogP contribution is -2.49. The molecule has 13 heteroatoms. The average molecular weight is 465 g/mol. The minimum Gasteiger partial charge on any atom is -0.384 e. The fourth-order valence-electron chi connectivity index (χ4n) is 3.77. The molecule has 1 fully saturated rings. The van der Waals surface area contributed by atoms with Crippen LogP contribution in [0.1, 0.15) is 19.5 Å². The summed E-state index contributed by atoms with van der Waals surface area (Å²) in [5.74, 6) is 1.10. The molecule has 1 aliphatic rings. The van der Waals surface area contributed by atoms with Crippen molar-refractivity contribution in [2.24, 2.45) is 0 Å². The molecule has 0 aromatic carbocycles. The van der Waals surface area contributed by atoms with E-state index in [1.54, 1.807) is 10.7 Å². The van der Waals surface area contributed by atoms with E-state index in [0.29, 0.717) is 40.6 Å². The second-order valence-electron chi connectivity index (χ2n) is 7.87. The van der Waals surface area contributed by atoms with Gasteiger partial charge in [0, 0.05) is 31.9 Å². The molecular formula is C20H26F3N9O. The van der Waals surface area contributed by atoms with Gasteiger partial charge in [0.05, 0.1) is 18.8 Å². The molecule has 0 radical (unpaired) electrons. The molecule has 1 aliphatic heterocycles. The number of hydrogen-bond acceptors (Lipinski definition) is 9. The number of nitrogens with two attached hydrogens (primary N) is 1. The van der Waals surface area contributed by atoms with Crippen molar-refractivity contribution in [1.29, 1.82) is 0 Å². The van der Waals surface area contributed by atoms with E-state index in [4.69, 9.17) is 20.4 Å². The molecule has 4 heterocycles. The second-order valence-corrected chi connectivity index (χ2v) is 7.87. The summed E-state index contributed by atoms with van der Waals surface area (Å²) in [6, 6.07) is 1.84. The number of hydrogen-bond donors (Lipinski definition) is 2. The van der Waals surface area contributed by atoms with E-state index >= 15 is 0 Å². The normalized spacial score (nSPS) is 17.1. The van der Waals surface area contributed by atoms with Gasteiger partial charge in [0.1, 0.15) is 29.2 Å². The third-order valence-corrected chi connectivity index (χ3v) is 5.23. The fourth-order valence-corrected chi connectivity index (χ4v) is 3.77. The zero-order valence-electron chi connectivity index (χ0n) is 18.4. The Labute approximate surface area is 188 Å². The van der Waals surface area contributed by atoms with Crippen molar-refractivity contribution in [3.8, 4) is 11.5 Å². The van der Waals surface area contributed by atoms with Gasteiger partial charge >= 0.3 is 6.18 Å². The molecule has 178 valence electrons. The summed E-state index contributed by atoms with van der Waals surface area (Å²) in [4.78, 5) is 20.3. The summed E-state index contributed by atoms with van der Waals surface area (Å²) >= 11 is 0. The summed E-state index contributed by atoms with van der Waals surface area (Å²) in [6.07, 6.45) is -2.27. The third kappa shape index (κ3) is 5.30. The van der Waals surface area contributed by atoms with Gasteiger partial charge in [0.15, 0.2) is 5.82 Å². The Hall–Kier alpha value is -3.06. The maximum Gasteiger partial charge on any atom is 0.411 e. The van der Waals surface area contributed by atoms with Crippen LogP contribution in [-0.2, 0) is 17.7 Å². The number of nitrogens with one attached hydrogen (secondary N) is 1. The lowest BCUT2D eigenvalue weighted by Gasteiger charge is -2.32. The molecule has 33 heavy (non-hydrogen) atoms. The SMILES string of the molecule is CCc1nn(CCOCC(F)(F)F)c2c(-c3nccc(N)n3)nc(N3CCNC(C)C3)nc12. The van der Waals surface area contributed by atoms with E-state index in [1.807, 2.05) is 6.92 Å². The Kier molecular flexibility index (Phi) is 6.61. The van der Waals surface area contributed by atoms with Crippen LogP contribution >= 0.6 is 0 Å². The molecule has 1 saturated heterocycles. The van der Waals surface area contributed by atoms with E-state index < -0.39 is 12.8 Å². The van der Waals surface area contributed by atoms with Gasteiger partial charge in [-0.2, -0.15) is 18.3 Å².